The van der Waals surface area contributed by atoms with Gasteiger partial charge in [0.1, 0.15) is 6.54 Å². The van der Waals surface area contributed by atoms with Gasteiger partial charge in [0.25, 0.3) is 5.56 Å². The van der Waals surface area contributed by atoms with Crippen molar-refractivity contribution in [2.45, 2.75) is 6.54 Å². The maximum Gasteiger partial charge on any atom is 0.267 e. The number of methoxy groups -OCH3 is 1. The summed E-state index contributed by atoms with van der Waals surface area (Å²) in [7, 11) is 1.42. The van der Waals surface area contributed by atoms with E-state index in [0.717, 1.165) is 4.68 Å². The first-order valence-electron chi connectivity index (χ1n) is 4.67. The molecular weight excluding hydrogens is 214 g/mol. The first-order chi connectivity index (χ1) is 7.67. The number of carbonyl (C=O) groups is 1. The Morgan fingerprint density at radius 2 is 2.38 bits per heavy atom. The predicted octanol–water partition coefficient (Wildman–Crippen LogP) is -1.64. The Labute approximate surface area is 91.7 Å². The van der Waals surface area contributed by atoms with E-state index in [1.807, 2.05) is 0 Å². The second-order valence-electron chi connectivity index (χ2n) is 2.95. The number of amides is 1. The lowest BCUT2D eigenvalue weighted by molar-refractivity contribution is -0.122. The highest BCUT2D eigenvalue weighted by molar-refractivity contribution is 5.75. The summed E-state index contributed by atoms with van der Waals surface area (Å²) in [6.45, 7) is -0.195. The molecule has 0 saturated heterocycles. The second kappa shape index (κ2) is 5.86. The van der Waals surface area contributed by atoms with Crippen molar-refractivity contribution in [2.75, 3.05) is 20.3 Å². The predicted molar refractivity (Wildman–Crippen MR) is 55.1 cm³/mol. The highest BCUT2D eigenvalue weighted by Crippen LogP contribution is 1.98. The van der Waals surface area contributed by atoms with E-state index in [1.165, 1.54) is 19.2 Å². The Kier molecular flexibility index (Phi) is 4.46. The fourth-order valence-electron chi connectivity index (χ4n) is 1.04. The number of aromatic nitrogens is 2. The minimum atomic E-state index is -0.392. The fraction of sp³-hybridized carbons (Fsp3) is 0.444. The van der Waals surface area contributed by atoms with Crippen molar-refractivity contribution >= 4 is 5.91 Å². The van der Waals surface area contributed by atoms with E-state index < -0.39 is 5.91 Å². The van der Waals surface area contributed by atoms with Gasteiger partial charge in [0.15, 0.2) is 0 Å². The molecule has 7 nitrogen and oxygen atoms in total. The Hall–Kier alpha value is -1.89. The Morgan fingerprint density at radius 3 is 3.00 bits per heavy atom. The van der Waals surface area contributed by atoms with Gasteiger partial charge in [-0.05, 0) is 0 Å². The lowest BCUT2D eigenvalue weighted by Gasteiger charge is -2.06. The zero-order valence-corrected chi connectivity index (χ0v) is 8.84. The fourth-order valence-corrected chi connectivity index (χ4v) is 1.04. The molecule has 0 spiro atoms. The first kappa shape index (κ1) is 12.2. The van der Waals surface area contributed by atoms with E-state index in [1.54, 1.807) is 0 Å². The molecule has 88 valence electrons. The molecule has 1 aromatic rings. The summed E-state index contributed by atoms with van der Waals surface area (Å²) in [6.07, 6.45) is 0. The third-order valence-corrected chi connectivity index (χ3v) is 1.78. The highest BCUT2D eigenvalue weighted by Gasteiger charge is 2.05. The van der Waals surface area contributed by atoms with Crippen LogP contribution in [0.2, 0.25) is 0 Å². The molecule has 1 amide bonds. The van der Waals surface area contributed by atoms with Crippen molar-refractivity contribution in [1.29, 1.82) is 0 Å². The summed E-state index contributed by atoms with van der Waals surface area (Å²) in [5, 5.41) is 14.7. The van der Waals surface area contributed by atoms with Gasteiger partial charge in [0.05, 0.1) is 13.7 Å². The van der Waals surface area contributed by atoms with Gasteiger partial charge in [-0.15, -0.1) is 5.10 Å². The SMILES string of the molecule is COc1ccc(=O)n(CC(=O)NCCO)n1. The minimum Gasteiger partial charge on any atom is -0.480 e. The molecule has 1 heterocycles. The van der Waals surface area contributed by atoms with Gasteiger partial charge >= 0.3 is 0 Å². The van der Waals surface area contributed by atoms with Crippen molar-refractivity contribution in [3.8, 4) is 5.88 Å². The quantitative estimate of drug-likeness (QED) is 0.629. The van der Waals surface area contributed by atoms with Gasteiger partial charge in [-0.25, -0.2) is 4.68 Å². The maximum atomic E-state index is 11.3. The number of aliphatic hydroxyl groups excluding tert-OH is 1. The van der Waals surface area contributed by atoms with Crippen LogP contribution in [0.15, 0.2) is 16.9 Å². The molecule has 2 N–H and O–H groups in total. The van der Waals surface area contributed by atoms with Gasteiger partial charge in [0, 0.05) is 18.7 Å². The molecule has 7 heteroatoms. The van der Waals surface area contributed by atoms with E-state index >= 15 is 0 Å². The number of nitrogens with zero attached hydrogens (tertiary/aromatic N) is 2. The molecule has 0 aliphatic rings. The van der Waals surface area contributed by atoms with Crippen molar-refractivity contribution < 1.29 is 14.6 Å². The van der Waals surface area contributed by atoms with E-state index in [4.69, 9.17) is 9.84 Å². The van der Waals surface area contributed by atoms with Crippen LogP contribution in [0.4, 0.5) is 0 Å². The summed E-state index contributed by atoms with van der Waals surface area (Å²) in [6, 6.07) is 2.69. The molecule has 0 unspecified atom stereocenters. The van der Waals surface area contributed by atoms with Gasteiger partial charge < -0.3 is 15.2 Å². The zero-order chi connectivity index (χ0) is 12.0. The minimum absolute atomic E-state index is 0.147. The van der Waals surface area contributed by atoms with Crippen molar-refractivity contribution in [3.63, 3.8) is 0 Å². The van der Waals surface area contributed by atoms with Gasteiger partial charge in [0.2, 0.25) is 11.8 Å². The molecular formula is C9H13N3O4. The summed E-state index contributed by atoms with van der Waals surface area (Å²) in [5.41, 5.74) is -0.389. The normalized spacial score (nSPS) is 9.88. The molecule has 0 bridgehead atoms. The highest BCUT2D eigenvalue weighted by atomic mass is 16.5. The number of ether oxygens (including phenoxy) is 1. The summed E-state index contributed by atoms with van der Waals surface area (Å²) in [5.74, 6) is -0.133. The molecule has 0 atom stereocenters. The topological polar surface area (TPSA) is 93.5 Å². The number of hydrogen-bond acceptors (Lipinski definition) is 5. The van der Waals surface area contributed by atoms with Gasteiger partial charge in [-0.2, -0.15) is 0 Å². The van der Waals surface area contributed by atoms with Crippen LogP contribution in [0, 0.1) is 0 Å². The Balaban J connectivity index is 2.72. The maximum absolute atomic E-state index is 11.3. The number of hydrogen-bond donors (Lipinski definition) is 2. The van der Waals surface area contributed by atoms with Crippen LogP contribution in [0.25, 0.3) is 0 Å². The number of carbonyl (C=O) groups excluding carboxylic acids is 1. The monoisotopic (exact) mass is 227 g/mol. The zero-order valence-electron chi connectivity index (χ0n) is 8.84. The summed E-state index contributed by atoms with van der Waals surface area (Å²) in [4.78, 5) is 22.6. The molecule has 1 rings (SSSR count). The van der Waals surface area contributed by atoms with Crippen LogP contribution >= 0.6 is 0 Å². The van der Waals surface area contributed by atoms with Crippen LogP contribution in [0.3, 0.4) is 0 Å². The molecule has 0 aliphatic carbocycles. The van der Waals surface area contributed by atoms with Crippen LogP contribution in [-0.4, -0.2) is 41.1 Å². The number of rotatable bonds is 5. The molecule has 16 heavy (non-hydrogen) atoms. The van der Waals surface area contributed by atoms with Crippen LogP contribution in [-0.2, 0) is 11.3 Å². The largest absolute Gasteiger partial charge is 0.480 e. The molecule has 0 fully saturated rings. The van der Waals surface area contributed by atoms with Gasteiger partial charge in [-0.3, -0.25) is 9.59 Å². The average molecular weight is 227 g/mol. The summed E-state index contributed by atoms with van der Waals surface area (Å²) < 4.78 is 5.82. The second-order valence-corrected chi connectivity index (χ2v) is 2.95. The third kappa shape index (κ3) is 3.35. The average Bonchev–Trinajstić information content (AvgIpc) is 2.29. The van der Waals surface area contributed by atoms with Crippen molar-refractivity contribution in [1.82, 2.24) is 15.1 Å². The third-order valence-electron chi connectivity index (χ3n) is 1.78. The van der Waals surface area contributed by atoms with Crippen molar-refractivity contribution in [2.24, 2.45) is 0 Å². The van der Waals surface area contributed by atoms with Gasteiger partial charge in [-0.1, -0.05) is 0 Å². The lowest BCUT2D eigenvalue weighted by Crippen LogP contribution is -2.34. The van der Waals surface area contributed by atoms with Crippen molar-refractivity contribution in [3.05, 3.63) is 22.5 Å². The smallest absolute Gasteiger partial charge is 0.267 e. The van der Waals surface area contributed by atoms with E-state index in [0.29, 0.717) is 0 Å². The molecule has 0 aliphatic heterocycles. The van der Waals surface area contributed by atoms with E-state index in [9.17, 15) is 9.59 Å². The van der Waals surface area contributed by atoms with E-state index in [2.05, 4.69) is 10.4 Å². The first-order valence-corrected chi connectivity index (χ1v) is 4.67. The van der Waals surface area contributed by atoms with Crippen LogP contribution < -0.4 is 15.6 Å². The number of aliphatic hydroxyl groups is 1. The molecule has 1 aromatic heterocycles. The molecule has 0 radical (unpaired) electrons. The summed E-state index contributed by atoms with van der Waals surface area (Å²) >= 11 is 0. The Bertz CT molecular complexity index is 415. The molecule has 0 aromatic carbocycles. The Morgan fingerprint density at radius 1 is 1.62 bits per heavy atom. The number of nitrogens with one attached hydrogen (secondary N) is 1. The van der Waals surface area contributed by atoms with Crippen LogP contribution in [0.1, 0.15) is 0 Å². The standard InChI is InChI=1S/C9H13N3O4/c1-16-8-2-3-9(15)12(11-8)6-7(14)10-4-5-13/h2-3,13H,4-6H2,1H3,(H,10,14). The van der Waals surface area contributed by atoms with Crippen LogP contribution in [0.5, 0.6) is 5.88 Å². The lowest BCUT2D eigenvalue weighted by atomic mass is 10.5. The van der Waals surface area contributed by atoms with E-state index in [-0.39, 0.29) is 31.1 Å². The molecule has 0 saturated carbocycles.